The lowest BCUT2D eigenvalue weighted by atomic mass is 10.3. The van der Waals surface area contributed by atoms with Gasteiger partial charge in [-0.25, -0.2) is 9.18 Å². The first-order valence-corrected chi connectivity index (χ1v) is 7.30. The number of rotatable bonds is 6. The Balaban J connectivity index is 1.85. The second-order valence-corrected chi connectivity index (χ2v) is 4.65. The van der Waals surface area contributed by atoms with Crippen molar-refractivity contribution in [2.75, 3.05) is 18.5 Å². The van der Waals surface area contributed by atoms with Crippen LogP contribution in [0.15, 0.2) is 48.5 Å². The molecule has 0 saturated carbocycles. The fourth-order valence-electron chi connectivity index (χ4n) is 1.87. The summed E-state index contributed by atoms with van der Waals surface area (Å²) < 4.78 is 24.1. The summed E-state index contributed by atoms with van der Waals surface area (Å²) in [4.78, 5) is 23.4. The van der Waals surface area contributed by atoms with Crippen molar-refractivity contribution in [3.8, 4) is 11.5 Å². The van der Waals surface area contributed by atoms with Crippen LogP contribution in [0.4, 0.5) is 14.9 Å². The molecule has 0 saturated heterocycles. The van der Waals surface area contributed by atoms with Gasteiger partial charge in [0.25, 0.3) is 5.91 Å². The van der Waals surface area contributed by atoms with Crippen LogP contribution < -0.4 is 20.1 Å². The highest BCUT2D eigenvalue weighted by atomic mass is 19.1. The molecular formula is C17H17FN2O4. The highest BCUT2D eigenvalue weighted by Gasteiger charge is 2.12. The van der Waals surface area contributed by atoms with Crippen molar-refractivity contribution in [3.05, 3.63) is 54.3 Å². The lowest BCUT2D eigenvalue weighted by molar-refractivity contribution is -0.121. The predicted octanol–water partition coefficient (Wildman–Crippen LogP) is 2.95. The Hall–Kier alpha value is -3.09. The van der Waals surface area contributed by atoms with Crippen LogP contribution in [0.1, 0.15) is 6.92 Å². The van der Waals surface area contributed by atoms with Crippen LogP contribution in [0.25, 0.3) is 0 Å². The standard InChI is InChI=1S/C17H17FN2O4/c1-2-23-14-9-5-6-10-15(14)24-11-16(21)20-17(22)19-13-8-4-3-7-12(13)18/h3-10H,2,11H2,1H3,(H2,19,20,21,22). The number of ether oxygens (including phenoxy) is 2. The van der Waals surface area contributed by atoms with Crippen molar-refractivity contribution < 1.29 is 23.5 Å². The molecule has 0 bridgehead atoms. The largest absolute Gasteiger partial charge is 0.490 e. The highest BCUT2D eigenvalue weighted by molar-refractivity contribution is 6.01. The monoisotopic (exact) mass is 332 g/mol. The minimum Gasteiger partial charge on any atom is -0.490 e. The number of imide groups is 1. The van der Waals surface area contributed by atoms with Crippen LogP contribution >= 0.6 is 0 Å². The van der Waals surface area contributed by atoms with Gasteiger partial charge in [-0.15, -0.1) is 0 Å². The molecule has 0 heterocycles. The lowest BCUT2D eigenvalue weighted by Gasteiger charge is -2.11. The topological polar surface area (TPSA) is 76.7 Å². The van der Waals surface area contributed by atoms with Gasteiger partial charge in [0.15, 0.2) is 18.1 Å². The molecule has 2 rings (SSSR count). The third-order valence-corrected chi connectivity index (χ3v) is 2.88. The van der Waals surface area contributed by atoms with Gasteiger partial charge in [0.1, 0.15) is 5.82 Å². The van der Waals surface area contributed by atoms with Gasteiger partial charge in [-0.3, -0.25) is 10.1 Å². The Morgan fingerprint density at radius 3 is 2.29 bits per heavy atom. The summed E-state index contributed by atoms with van der Waals surface area (Å²) in [5, 5.41) is 4.30. The average Bonchev–Trinajstić information content (AvgIpc) is 2.56. The molecule has 6 nitrogen and oxygen atoms in total. The maximum Gasteiger partial charge on any atom is 0.326 e. The van der Waals surface area contributed by atoms with Gasteiger partial charge < -0.3 is 14.8 Å². The van der Waals surface area contributed by atoms with Gasteiger partial charge in [0.2, 0.25) is 0 Å². The summed E-state index contributed by atoms with van der Waals surface area (Å²) in [7, 11) is 0. The Morgan fingerprint density at radius 1 is 1.00 bits per heavy atom. The van der Waals surface area contributed by atoms with E-state index >= 15 is 0 Å². The molecule has 7 heteroatoms. The molecule has 0 aliphatic rings. The van der Waals surface area contributed by atoms with E-state index in [9.17, 15) is 14.0 Å². The summed E-state index contributed by atoms with van der Waals surface area (Å²) in [6, 6.07) is 11.7. The number of carbonyl (C=O) groups excluding carboxylic acids is 2. The van der Waals surface area contributed by atoms with Crippen molar-refractivity contribution in [3.63, 3.8) is 0 Å². The van der Waals surface area contributed by atoms with E-state index in [0.717, 1.165) is 0 Å². The first-order chi connectivity index (χ1) is 11.6. The van der Waals surface area contributed by atoms with E-state index in [-0.39, 0.29) is 12.3 Å². The van der Waals surface area contributed by atoms with E-state index in [2.05, 4.69) is 10.6 Å². The zero-order chi connectivity index (χ0) is 17.4. The molecule has 0 atom stereocenters. The number of amides is 3. The maximum atomic E-state index is 13.4. The molecule has 0 aliphatic heterocycles. The Morgan fingerprint density at radius 2 is 1.62 bits per heavy atom. The smallest absolute Gasteiger partial charge is 0.326 e. The number of halogens is 1. The molecule has 0 aromatic heterocycles. The normalized spacial score (nSPS) is 9.92. The number of hydrogen-bond acceptors (Lipinski definition) is 4. The second kappa shape index (κ2) is 8.52. The molecule has 0 unspecified atom stereocenters. The fraction of sp³-hybridized carbons (Fsp3) is 0.176. The van der Waals surface area contributed by atoms with Crippen LogP contribution in [0.5, 0.6) is 11.5 Å². The van der Waals surface area contributed by atoms with E-state index in [4.69, 9.17) is 9.47 Å². The van der Waals surface area contributed by atoms with Crippen molar-refractivity contribution >= 4 is 17.6 Å². The van der Waals surface area contributed by atoms with Crippen molar-refractivity contribution in [2.45, 2.75) is 6.92 Å². The van der Waals surface area contributed by atoms with Crippen LogP contribution in [0, 0.1) is 5.82 Å². The average molecular weight is 332 g/mol. The molecule has 0 aliphatic carbocycles. The number of urea groups is 1. The zero-order valence-electron chi connectivity index (χ0n) is 13.0. The summed E-state index contributed by atoms with van der Waals surface area (Å²) in [6.45, 7) is 1.91. The number of para-hydroxylation sites is 3. The van der Waals surface area contributed by atoms with Gasteiger partial charge in [0.05, 0.1) is 12.3 Å². The van der Waals surface area contributed by atoms with Gasteiger partial charge in [-0.05, 0) is 31.2 Å². The molecular weight excluding hydrogens is 315 g/mol. The third kappa shape index (κ3) is 4.98. The van der Waals surface area contributed by atoms with Gasteiger partial charge >= 0.3 is 6.03 Å². The van der Waals surface area contributed by atoms with Crippen molar-refractivity contribution in [1.29, 1.82) is 0 Å². The molecule has 3 amide bonds. The summed E-state index contributed by atoms with van der Waals surface area (Å²) in [5.74, 6) is -0.371. The first-order valence-electron chi connectivity index (χ1n) is 7.30. The van der Waals surface area contributed by atoms with Crippen LogP contribution in [0.3, 0.4) is 0 Å². The summed E-state index contributed by atoms with van der Waals surface area (Å²) in [5.41, 5.74) is -0.0228. The summed E-state index contributed by atoms with van der Waals surface area (Å²) >= 11 is 0. The van der Waals surface area contributed by atoms with E-state index in [1.54, 1.807) is 30.3 Å². The molecule has 24 heavy (non-hydrogen) atoms. The second-order valence-electron chi connectivity index (χ2n) is 4.65. The molecule has 2 aromatic carbocycles. The Bertz CT molecular complexity index is 721. The molecule has 0 fully saturated rings. The van der Waals surface area contributed by atoms with E-state index in [1.807, 2.05) is 6.92 Å². The minimum atomic E-state index is -0.841. The number of hydrogen-bond donors (Lipinski definition) is 2. The zero-order valence-corrected chi connectivity index (χ0v) is 13.0. The van der Waals surface area contributed by atoms with Crippen LogP contribution in [-0.4, -0.2) is 25.2 Å². The first kappa shape index (κ1) is 17.3. The number of nitrogens with one attached hydrogen (secondary N) is 2. The van der Waals surface area contributed by atoms with Crippen molar-refractivity contribution in [2.24, 2.45) is 0 Å². The molecule has 126 valence electrons. The fourth-order valence-corrected chi connectivity index (χ4v) is 1.87. The van der Waals surface area contributed by atoms with E-state index in [0.29, 0.717) is 18.1 Å². The van der Waals surface area contributed by atoms with Gasteiger partial charge in [-0.2, -0.15) is 0 Å². The molecule has 2 aromatic rings. The number of benzene rings is 2. The van der Waals surface area contributed by atoms with Crippen molar-refractivity contribution in [1.82, 2.24) is 5.32 Å². The molecule has 0 spiro atoms. The number of carbonyl (C=O) groups is 2. The lowest BCUT2D eigenvalue weighted by Crippen LogP contribution is -2.37. The van der Waals surface area contributed by atoms with Gasteiger partial charge in [-0.1, -0.05) is 24.3 Å². The molecule has 0 radical (unpaired) electrons. The summed E-state index contributed by atoms with van der Waals surface area (Å²) in [6.07, 6.45) is 0. The van der Waals surface area contributed by atoms with Crippen LogP contribution in [0.2, 0.25) is 0 Å². The quantitative estimate of drug-likeness (QED) is 0.853. The number of anilines is 1. The van der Waals surface area contributed by atoms with E-state index in [1.165, 1.54) is 18.2 Å². The minimum absolute atomic E-state index is 0.0228. The third-order valence-electron chi connectivity index (χ3n) is 2.88. The Kier molecular flexibility index (Phi) is 6.13. The SMILES string of the molecule is CCOc1ccccc1OCC(=O)NC(=O)Nc1ccccc1F. The van der Waals surface area contributed by atoms with Gasteiger partial charge in [0, 0.05) is 0 Å². The highest BCUT2D eigenvalue weighted by Crippen LogP contribution is 2.26. The maximum absolute atomic E-state index is 13.4. The predicted molar refractivity (Wildman–Crippen MR) is 86.7 cm³/mol. The van der Waals surface area contributed by atoms with E-state index < -0.39 is 17.8 Å². The Labute approximate surface area is 138 Å². The van der Waals surface area contributed by atoms with Crippen LogP contribution in [-0.2, 0) is 4.79 Å². The molecule has 2 N–H and O–H groups in total.